The highest BCUT2D eigenvalue weighted by molar-refractivity contribution is 5.82. The number of aromatic nitrogens is 1. The number of rotatable bonds is 4. The van der Waals surface area contributed by atoms with Crippen LogP contribution >= 0.6 is 0 Å². The summed E-state index contributed by atoms with van der Waals surface area (Å²) < 4.78 is 33.1. The second-order valence-electron chi connectivity index (χ2n) is 7.48. The predicted molar refractivity (Wildman–Crippen MR) is 110 cm³/mol. The molecule has 2 atom stereocenters. The Labute approximate surface area is 178 Å². The lowest BCUT2D eigenvalue weighted by Gasteiger charge is -2.32. The van der Waals surface area contributed by atoms with Gasteiger partial charge in [0.25, 0.3) is 0 Å². The Morgan fingerprint density at radius 1 is 1.26 bits per heavy atom. The maximum absolute atomic E-state index is 14.4. The minimum atomic E-state index is -0.569. The molecule has 2 unspecified atom stereocenters. The first-order chi connectivity index (χ1) is 14.8. The van der Waals surface area contributed by atoms with Crippen LogP contribution < -0.4 is 0 Å². The number of urea groups is 1. The summed E-state index contributed by atoms with van der Waals surface area (Å²) in [5, 5.41) is 13.8. The van der Waals surface area contributed by atoms with Gasteiger partial charge in [-0.1, -0.05) is 23.4 Å². The lowest BCUT2D eigenvalue weighted by atomic mass is 10.0. The molecule has 1 aliphatic rings. The van der Waals surface area contributed by atoms with Crippen molar-refractivity contribution in [3.63, 3.8) is 0 Å². The molecule has 160 valence electrons. The summed E-state index contributed by atoms with van der Waals surface area (Å²) in [6.07, 6.45) is 3.15. The van der Waals surface area contributed by atoms with E-state index in [1.165, 1.54) is 17.2 Å². The van der Waals surface area contributed by atoms with Crippen LogP contribution in [0.4, 0.5) is 13.6 Å². The molecule has 0 bridgehead atoms. The smallest absolute Gasteiger partial charge is 0.321 e. The summed E-state index contributed by atoms with van der Waals surface area (Å²) in [7, 11) is 1.64. The van der Waals surface area contributed by atoms with Gasteiger partial charge < -0.3 is 19.4 Å². The van der Waals surface area contributed by atoms with E-state index in [9.17, 15) is 18.7 Å². The van der Waals surface area contributed by atoms with Crippen molar-refractivity contribution in [1.82, 2.24) is 15.0 Å². The number of phenols is 1. The molecule has 31 heavy (non-hydrogen) atoms. The van der Waals surface area contributed by atoms with Crippen LogP contribution in [-0.4, -0.2) is 39.7 Å². The molecule has 6 nitrogen and oxygen atoms in total. The molecule has 2 aromatic carbocycles. The quantitative estimate of drug-likeness (QED) is 0.645. The van der Waals surface area contributed by atoms with Crippen LogP contribution in [0.2, 0.25) is 0 Å². The second kappa shape index (κ2) is 8.22. The van der Waals surface area contributed by atoms with Gasteiger partial charge in [0.1, 0.15) is 29.3 Å². The van der Waals surface area contributed by atoms with Crippen molar-refractivity contribution in [2.75, 3.05) is 13.6 Å². The van der Waals surface area contributed by atoms with Crippen molar-refractivity contribution >= 4 is 11.6 Å². The number of carbonyl (C=O) groups is 1. The van der Waals surface area contributed by atoms with Gasteiger partial charge in [0, 0.05) is 25.2 Å². The van der Waals surface area contributed by atoms with Crippen molar-refractivity contribution in [2.45, 2.75) is 19.0 Å². The highest BCUT2D eigenvalue weighted by atomic mass is 19.1. The Balaban J connectivity index is 1.70. The number of carbonyl (C=O) groups excluding carboxylic acids is 1. The van der Waals surface area contributed by atoms with E-state index >= 15 is 0 Å². The van der Waals surface area contributed by atoms with E-state index in [0.29, 0.717) is 16.8 Å². The van der Waals surface area contributed by atoms with Crippen molar-refractivity contribution in [2.24, 2.45) is 0 Å². The molecule has 2 amide bonds. The summed E-state index contributed by atoms with van der Waals surface area (Å²) in [4.78, 5) is 16.5. The van der Waals surface area contributed by atoms with E-state index in [0.717, 1.165) is 18.2 Å². The number of phenolic OH excluding ortho intramolecular Hbond substituents is 1. The molecule has 0 spiro atoms. The molecule has 3 aromatic rings. The van der Waals surface area contributed by atoms with Gasteiger partial charge in [0.15, 0.2) is 0 Å². The number of hydrogen-bond donors (Lipinski definition) is 1. The molecule has 1 N–H and O–H groups in total. The number of benzene rings is 2. The fourth-order valence-electron chi connectivity index (χ4n) is 3.71. The predicted octanol–water partition coefficient (Wildman–Crippen LogP) is 4.91. The number of halogens is 2. The molecular formula is C23H21F2N3O3. The van der Waals surface area contributed by atoms with E-state index in [1.807, 2.05) is 6.92 Å². The normalized spacial score (nSPS) is 16.8. The standard InChI is InChI=1S/C23H21F2N3O3/c1-14(21-8-9-31-26-21)27(2)23(30)28-13-16(19-12-17(24)6-7-20(19)25)11-22(28)15-4-3-5-18(29)10-15/h3-12,14,22,29H,13H2,1-2H3. The first-order valence-corrected chi connectivity index (χ1v) is 9.74. The molecule has 4 rings (SSSR count). The molecular weight excluding hydrogens is 404 g/mol. The fraction of sp³-hybridized carbons (Fsp3) is 0.217. The average Bonchev–Trinajstić information content (AvgIpc) is 3.44. The van der Waals surface area contributed by atoms with E-state index < -0.39 is 17.7 Å². The zero-order valence-electron chi connectivity index (χ0n) is 17.0. The Kier molecular flexibility index (Phi) is 5.46. The highest BCUT2D eigenvalue weighted by Gasteiger charge is 2.35. The van der Waals surface area contributed by atoms with Crippen LogP contribution in [0.1, 0.15) is 35.8 Å². The van der Waals surface area contributed by atoms with Crippen LogP contribution in [-0.2, 0) is 0 Å². The molecule has 0 aliphatic carbocycles. The Morgan fingerprint density at radius 2 is 2.06 bits per heavy atom. The largest absolute Gasteiger partial charge is 0.508 e. The lowest BCUT2D eigenvalue weighted by Crippen LogP contribution is -2.42. The molecule has 8 heteroatoms. The first kappa shape index (κ1) is 20.6. The van der Waals surface area contributed by atoms with Crippen molar-refractivity contribution in [3.8, 4) is 5.75 Å². The highest BCUT2D eigenvalue weighted by Crippen LogP contribution is 2.37. The summed E-state index contributed by atoms with van der Waals surface area (Å²) in [6.45, 7) is 1.89. The minimum Gasteiger partial charge on any atom is -0.508 e. The van der Waals surface area contributed by atoms with Gasteiger partial charge in [-0.2, -0.15) is 0 Å². The van der Waals surface area contributed by atoms with E-state index in [4.69, 9.17) is 4.52 Å². The van der Waals surface area contributed by atoms with Gasteiger partial charge in [-0.05, 0) is 48.4 Å². The van der Waals surface area contributed by atoms with E-state index in [2.05, 4.69) is 5.16 Å². The van der Waals surface area contributed by atoms with Gasteiger partial charge in [0.05, 0.1) is 12.1 Å². The Hall–Kier alpha value is -3.68. The van der Waals surface area contributed by atoms with Gasteiger partial charge in [-0.15, -0.1) is 0 Å². The molecule has 1 aromatic heterocycles. The maximum atomic E-state index is 14.4. The molecule has 0 saturated carbocycles. The van der Waals surface area contributed by atoms with E-state index in [1.54, 1.807) is 42.3 Å². The molecule has 0 fully saturated rings. The van der Waals surface area contributed by atoms with Gasteiger partial charge in [-0.25, -0.2) is 13.6 Å². The van der Waals surface area contributed by atoms with Crippen LogP contribution in [0.15, 0.2) is 65.4 Å². The monoisotopic (exact) mass is 425 g/mol. The maximum Gasteiger partial charge on any atom is 0.321 e. The van der Waals surface area contributed by atoms with Gasteiger partial charge >= 0.3 is 6.03 Å². The van der Waals surface area contributed by atoms with Crippen molar-refractivity contribution < 1.29 is 23.2 Å². The third kappa shape index (κ3) is 4.01. The van der Waals surface area contributed by atoms with Crippen molar-refractivity contribution in [1.29, 1.82) is 0 Å². The van der Waals surface area contributed by atoms with Crippen LogP contribution in [0.25, 0.3) is 5.57 Å². The SMILES string of the molecule is CC(c1ccon1)N(C)C(=O)N1CC(c2cc(F)ccc2F)=CC1c1cccc(O)c1. The molecule has 0 radical (unpaired) electrons. The fourth-order valence-corrected chi connectivity index (χ4v) is 3.71. The van der Waals surface area contributed by atoms with Crippen molar-refractivity contribution in [3.05, 3.63) is 89.3 Å². The number of amides is 2. The summed E-state index contributed by atoms with van der Waals surface area (Å²) in [6, 6.07) is 10.2. The zero-order valence-corrected chi connectivity index (χ0v) is 17.0. The minimum absolute atomic E-state index is 0.0491. The summed E-state index contributed by atoms with van der Waals surface area (Å²) in [5.74, 6) is -1.08. The van der Waals surface area contributed by atoms with Gasteiger partial charge in [0.2, 0.25) is 0 Å². The summed E-state index contributed by atoms with van der Waals surface area (Å²) in [5.41, 5.74) is 1.84. The van der Waals surface area contributed by atoms with Crippen LogP contribution in [0.3, 0.4) is 0 Å². The van der Waals surface area contributed by atoms with Crippen LogP contribution in [0.5, 0.6) is 5.75 Å². The number of nitrogens with zero attached hydrogens (tertiary/aromatic N) is 3. The van der Waals surface area contributed by atoms with Crippen LogP contribution in [0, 0.1) is 11.6 Å². The van der Waals surface area contributed by atoms with Gasteiger partial charge in [-0.3, -0.25) is 0 Å². The zero-order chi connectivity index (χ0) is 22.1. The third-order valence-corrected chi connectivity index (χ3v) is 5.54. The number of aromatic hydroxyl groups is 1. The Morgan fingerprint density at radius 3 is 2.77 bits per heavy atom. The first-order valence-electron chi connectivity index (χ1n) is 9.74. The number of hydrogen-bond acceptors (Lipinski definition) is 4. The lowest BCUT2D eigenvalue weighted by molar-refractivity contribution is 0.147. The van der Waals surface area contributed by atoms with E-state index in [-0.39, 0.29) is 29.9 Å². The molecule has 0 saturated heterocycles. The average molecular weight is 425 g/mol. The third-order valence-electron chi connectivity index (χ3n) is 5.54. The summed E-state index contributed by atoms with van der Waals surface area (Å²) >= 11 is 0. The molecule has 2 heterocycles. The topological polar surface area (TPSA) is 69.8 Å². The second-order valence-corrected chi connectivity index (χ2v) is 7.48. The Bertz CT molecular complexity index is 1130. The molecule has 1 aliphatic heterocycles.